The van der Waals surface area contributed by atoms with Crippen molar-refractivity contribution in [1.82, 2.24) is 0 Å². The van der Waals surface area contributed by atoms with Crippen molar-refractivity contribution < 1.29 is 19.1 Å². The first-order valence-electron chi connectivity index (χ1n) is 3.54. The van der Waals surface area contributed by atoms with E-state index < -0.39 is 13.2 Å². The first kappa shape index (κ1) is 9.60. The van der Waals surface area contributed by atoms with Crippen LogP contribution in [-0.4, -0.2) is 21.8 Å². The van der Waals surface area contributed by atoms with Crippen molar-refractivity contribution in [2.75, 3.05) is 6.16 Å². The molecule has 2 N–H and O–H groups in total. The number of aliphatic hydroxyl groups excluding tert-OH is 1. The molecule has 12 heavy (non-hydrogen) atoms. The summed E-state index contributed by atoms with van der Waals surface area (Å²) in [7, 11) is -3.46. The lowest BCUT2D eigenvalue weighted by atomic mass is 9.94. The van der Waals surface area contributed by atoms with Crippen LogP contribution in [0.5, 0.6) is 0 Å². The quantitative estimate of drug-likeness (QED) is 0.440. The van der Waals surface area contributed by atoms with Crippen LogP contribution in [-0.2, 0) is 9.09 Å². The topological polar surface area (TPSA) is 66.8 Å². The smallest absolute Gasteiger partial charge is 0.330 e. The summed E-state index contributed by atoms with van der Waals surface area (Å²) in [6.45, 7) is 3.36. The Hall–Kier alpha value is -0.490. The van der Waals surface area contributed by atoms with E-state index >= 15 is 0 Å². The third-order valence-corrected chi connectivity index (χ3v) is 3.45. The molecule has 1 saturated heterocycles. The molecule has 0 saturated carbocycles. The van der Waals surface area contributed by atoms with Crippen molar-refractivity contribution >= 4 is 7.60 Å². The second-order valence-electron chi connectivity index (χ2n) is 3.32. The van der Waals surface area contributed by atoms with E-state index in [1.807, 2.05) is 0 Å². The highest BCUT2D eigenvalue weighted by Crippen LogP contribution is 2.56. The van der Waals surface area contributed by atoms with Crippen LogP contribution in [0.1, 0.15) is 13.8 Å². The van der Waals surface area contributed by atoms with Gasteiger partial charge in [0.05, 0.1) is 17.7 Å². The van der Waals surface area contributed by atoms with Gasteiger partial charge in [-0.15, -0.1) is 0 Å². The van der Waals surface area contributed by atoms with Crippen LogP contribution < -0.4 is 0 Å². The molecule has 4 nitrogen and oxygen atoms in total. The van der Waals surface area contributed by atoms with Gasteiger partial charge in [0.2, 0.25) is 0 Å². The van der Waals surface area contributed by atoms with Crippen molar-refractivity contribution in [3.05, 3.63) is 0 Å². The van der Waals surface area contributed by atoms with E-state index in [-0.39, 0.29) is 12.1 Å². The summed E-state index contributed by atoms with van der Waals surface area (Å²) >= 11 is 0. The Bertz CT molecular complexity index is 286. The summed E-state index contributed by atoms with van der Waals surface area (Å²) in [4.78, 5) is 9.11. The van der Waals surface area contributed by atoms with E-state index in [0.717, 1.165) is 0 Å². The third-order valence-electron chi connectivity index (χ3n) is 1.87. The van der Waals surface area contributed by atoms with Crippen molar-refractivity contribution in [2.24, 2.45) is 5.92 Å². The predicted octanol–water partition coefficient (Wildman–Crippen LogP) is 0.930. The van der Waals surface area contributed by atoms with Gasteiger partial charge in [0, 0.05) is 0 Å². The normalized spacial score (nSPS) is 38.8. The van der Waals surface area contributed by atoms with Gasteiger partial charge in [0.15, 0.2) is 0 Å². The van der Waals surface area contributed by atoms with Crippen molar-refractivity contribution in [1.29, 1.82) is 0 Å². The highest BCUT2D eigenvalue weighted by Gasteiger charge is 2.47. The molecule has 1 aliphatic heterocycles. The Balaban J connectivity index is 2.90. The molecular weight excluding hydrogens is 179 g/mol. The predicted molar refractivity (Wildman–Crippen MR) is 43.1 cm³/mol. The maximum Gasteiger partial charge on any atom is 0.330 e. The van der Waals surface area contributed by atoms with Crippen LogP contribution in [0.25, 0.3) is 0 Å². The minimum atomic E-state index is -3.46. The molecule has 5 heteroatoms. The zero-order valence-corrected chi connectivity index (χ0v) is 7.84. The second-order valence-corrected chi connectivity index (χ2v) is 5.15. The van der Waals surface area contributed by atoms with E-state index in [4.69, 9.17) is 14.5 Å². The van der Waals surface area contributed by atoms with Crippen LogP contribution in [0.4, 0.5) is 0 Å². The lowest BCUT2D eigenvalue weighted by molar-refractivity contribution is 0.0982. The fourth-order valence-corrected chi connectivity index (χ4v) is 3.15. The van der Waals surface area contributed by atoms with Crippen LogP contribution in [0, 0.1) is 17.9 Å². The molecule has 0 aromatic carbocycles. The molecule has 0 bridgehead atoms. The number of hydrogen-bond donors (Lipinski definition) is 2. The molecule has 2 unspecified atom stereocenters. The van der Waals surface area contributed by atoms with Crippen LogP contribution in [0.15, 0.2) is 0 Å². The fraction of sp³-hybridized carbons (Fsp3) is 0.714. The first-order chi connectivity index (χ1) is 5.37. The molecule has 2 atom stereocenters. The maximum atomic E-state index is 11.1. The Morgan fingerprint density at radius 2 is 2.25 bits per heavy atom. The minimum Gasteiger partial charge on any atom is -0.462 e. The van der Waals surface area contributed by atoms with Gasteiger partial charge < -0.3 is 14.5 Å². The monoisotopic (exact) mass is 190 g/mol. The largest absolute Gasteiger partial charge is 0.462 e. The Morgan fingerprint density at radius 1 is 1.67 bits per heavy atom. The Kier molecular flexibility index (Phi) is 2.22. The second kappa shape index (κ2) is 2.77. The highest BCUT2D eigenvalue weighted by molar-refractivity contribution is 7.53. The molecular formula is C7H11O4P. The Labute approximate surface area is 71.1 Å². The van der Waals surface area contributed by atoms with E-state index in [1.165, 1.54) is 0 Å². The summed E-state index contributed by atoms with van der Waals surface area (Å²) in [5.41, 5.74) is -0.750. The molecule has 1 heterocycles. The van der Waals surface area contributed by atoms with E-state index in [2.05, 4.69) is 5.92 Å². The number of hydrogen-bond acceptors (Lipinski definition) is 3. The summed E-state index contributed by atoms with van der Waals surface area (Å²) < 4.78 is 16.0. The molecule has 1 aliphatic rings. The summed E-state index contributed by atoms with van der Waals surface area (Å²) in [6.07, 6.45) is 1.73. The summed E-state index contributed by atoms with van der Waals surface area (Å²) in [5.74, 6) is 2.06. The van der Waals surface area contributed by atoms with Crippen molar-refractivity contribution in [3.63, 3.8) is 0 Å². The minimum absolute atomic E-state index is 0.00639. The average molecular weight is 190 g/mol. The molecule has 1 rings (SSSR count). The molecule has 68 valence electrons. The van der Waals surface area contributed by atoms with Gasteiger partial charge >= 0.3 is 7.60 Å². The third kappa shape index (κ3) is 1.81. The SMILES string of the molecule is CC1(C)OP(=O)(O)CC1C#CO. The van der Waals surface area contributed by atoms with Gasteiger partial charge in [-0.2, -0.15) is 0 Å². The zero-order valence-electron chi connectivity index (χ0n) is 6.94. The lowest BCUT2D eigenvalue weighted by Crippen LogP contribution is -2.26. The zero-order chi connectivity index (χ0) is 9.41. The van der Waals surface area contributed by atoms with Crippen LogP contribution in [0.3, 0.4) is 0 Å². The lowest BCUT2D eigenvalue weighted by Gasteiger charge is -2.19. The summed E-state index contributed by atoms with van der Waals surface area (Å²) in [5, 5.41) is 8.34. The van der Waals surface area contributed by atoms with E-state index in [0.29, 0.717) is 0 Å². The average Bonchev–Trinajstić information content (AvgIpc) is 2.01. The molecule has 0 amide bonds. The van der Waals surface area contributed by atoms with Crippen LogP contribution >= 0.6 is 7.60 Å². The highest BCUT2D eigenvalue weighted by atomic mass is 31.2. The van der Waals surface area contributed by atoms with Gasteiger partial charge in [-0.05, 0) is 13.8 Å². The van der Waals surface area contributed by atoms with Crippen molar-refractivity contribution in [2.45, 2.75) is 19.4 Å². The van der Waals surface area contributed by atoms with Gasteiger partial charge in [-0.1, -0.05) is 5.92 Å². The molecule has 0 spiro atoms. The van der Waals surface area contributed by atoms with Gasteiger partial charge in [-0.25, -0.2) is 0 Å². The molecule has 1 fully saturated rings. The number of rotatable bonds is 0. The standard InChI is InChI=1S/C7H11O4P/c1-7(2)6(3-4-8)5-12(9,10)11-7/h6,8H,5H2,1-2H3,(H,9,10). The summed E-state index contributed by atoms with van der Waals surface area (Å²) in [6, 6.07) is 0. The van der Waals surface area contributed by atoms with Gasteiger partial charge in [-0.3, -0.25) is 4.57 Å². The van der Waals surface area contributed by atoms with Crippen molar-refractivity contribution in [3.8, 4) is 12.0 Å². The van der Waals surface area contributed by atoms with Gasteiger partial charge in [0.25, 0.3) is 0 Å². The maximum absolute atomic E-state index is 11.1. The first-order valence-corrected chi connectivity index (χ1v) is 5.31. The molecule has 0 aromatic heterocycles. The fourth-order valence-electron chi connectivity index (χ4n) is 1.22. The number of aliphatic hydroxyl groups is 1. The molecule has 0 radical (unpaired) electrons. The Morgan fingerprint density at radius 3 is 2.58 bits per heavy atom. The molecule has 0 aromatic rings. The van der Waals surface area contributed by atoms with Gasteiger partial charge in [0.1, 0.15) is 6.11 Å². The van der Waals surface area contributed by atoms with Crippen LogP contribution in [0.2, 0.25) is 0 Å². The van der Waals surface area contributed by atoms with E-state index in [1.54, 1.807) is 20.0 Å². The van der Waals surface area contributed by atoms with E-state index in [9.17, 15) is 4.57 Å². The molecule has 0 aliphatic carbocycles.